The second-order valence-corrected chi connectivity index (χ2v) is 10.1. The molecule has 2 rings (SSSR count). The predicted octanol–water partition coefficient (Wildman–Crippen LogP) is 10.1. The fourth-order valence-corrected chi connectivity index (χ4v) is 4.89. The minimum Gasteiger partial charge on any atom is -0.379 e. The van der Waals surface area contributed by atoms with Crippen molar-refractivity contribution in [2.75, 3.05) is 0 Å². The Morgan fingerprint density at radius 2 is 2.00 bits per heavy atom. The first-order chi connectivity index (χ1) is 17.1. The molecule has 1 heteroatoms. The summed E-state index contributed by atoms with van der Waals surface area (Å²) < 4.78 is 0. The highest BCUT2D eigenvalue weighted by Gasteiger charge is 2.15. The van der Waals surface area contributed by atoms with Crippen molar-refractivity contribution in [1.29, 1.82) is 0 Å². The first kappa shape index (κ1) is 29.0. The van der Waals surface area contributed by atoms with Gasteiger partial charge < -0.3 is 5.32 Å². The van der Waals surface area contributed by atoms with Gasteiger partial charge in [0.15, 0.2) is 0 Å². The maximum atomic E-state index is 4.37. The van der Waals surface area contributed by atoms with Crippen LogP contribution in [0.1, 0.15) is 97.8 Å². The van der Waals surface area contributed by atoms with E-state index in [4.69, 9.17) is 0 Å². The van der Waals surface area contributed by atoms with Crippen LogP contribution in [-0.2, 0) is 0 Å². The largest absolute Gasteiger partial charge is 0.379 e. The van der Waals surface area contributed by atoms with Crippen molar-refractivity contribution in [3.05, 3.63) is 96.3 Å². The van der Waals surface area contributed by atoms with Crippen LogP contribution in [0.2, 0.25) is 0 Å². The first-order valence-corrected chi connectivity index (χ1v) is 14.3. The molecule has 0 fully saturated rings. The number of nitrogens with one attached hydrogen (secondary N) is 1. The fraction of sp³-hybridized carbons (Fsp3) is 0.529. The van der Waals surface area contributed by atoms with Gasteiger partial charge in [0.05, 0.1) is 0 Å². The number of hydrogen-bond acceptors (Lipinski definition) is 1. The van der Waals surface area contributed by atoms with Gasteiger partial charge in [0.2, 0.25) is 0 Å². The number of rotatable bonds is 15. The lowest BCUT2D eigenvalue weighted by atomic mass is 9.84. The first-order valence-electron chi connectivity index (χ1n) is 14.3. The van der Waals surface area contributed by atoms with Gasteiger partial charge >= 0.3 is 0 Å². The molecule has 0 saturated heterocycles. The average molecular weight is 474 g/mol. The van der Waals surface area contributed by atoms with E-state index >= 15 is 0 Å². The van der Waals surface area contributed by atoms with Gasteiger partial charge in [0, 0.05) is 17.7 Å². The second-order valence-electron chi connectivity index (χ2n) is 10.1. The molecule has 0 saturated carbocycles. The van der Waals surface area contributed by atoms with Crippen LogP contribution in [0.3, 0.4) is 0 Å². The van der Waals surface area contributed by atoms with Crippen LogP contribution in [0, 0.1) is 11.8 Å². The quantitative estimate of drug-likeness (QED) is 0.142. The van der Waals surface area contributed by atoms with Crippen LogP contribution in [0.15, 0.2) is 96.3 Å². The molecule has 1 nitrogen and oxygen atoms in total. The maximum Gasteiger partial charge on any atom is 0.0441 e. The molecule has 0 radical (unpaired) electrons. The van der Waals surface area contributed by atoms with Gasteiger partial charge in [-0.2, -0.15) is 0 Å². The molecular formula is C34H51N. The summed E-state index contributed by atoms with van der Waals surface area (Å²) in [5.74, 6) is 1.04. The summed E-state index contributed by atoms with van der Waals surface area (Å²) in [5.41, 5.74) is 5.36. The lowest BCUT2D eigenvalue weighted by Gasteiger charge is -2.23. The molecule has 0 aromatic heterocycles. The van der Waals surface area contributed by atoms with Gasteiger partial charge in [-0.1, -0.05) is 99.6 Å². The zero-order valence-electron chi connectivity index (χ0n) is 22.9. The van der Waals surface area contributed by atoms with E-state index in [0.717, 1.165) is 18.4 Å². The minimum absolute atomic E-state index is 0.390. The van der Waals surface area contributed by atoms with Gasteiger partial charge in [-0.3, -0.25) is 0 Å². The Hall–Kier alpha value is -2.28. The Bertz CT molecular complexity index is 829. The van der Waals surface area contributed by atoms with Crippen molar-refractivity contribution in [1.82, 2.24) is 5.32 Å². The average Bonchev–Trinajstić information content (AvgIpc) is 2.90. The zero-order valence-corrected chi connectivity index (χ0v) is 22.9. The van der Waals surface area contributed by atoms with E-state index in [2.05, 4.69) is 100 Å². The van der Waals surface area contributed by atoms with Crippen LogP contribution < -0.4 is 5.32 Å². The zero-order chi connectivity index (χ0) is 25.3. The molecule has 2 aliphatic carbocycles. The van der Waals surface area contributed by atoms with Crippen molar-refractivity contribution in [3.63, 3.8) is 0 Å². The van der Waals surface area contributed by atoms with Crippen molar-refractivity contribution < 1.29 is 0 Å². The Kier molecular flexibility index (Phi) is 14.2. The van der Waals surface area contributed by atoms with Gasteiger partial charge in [-0.05, 0) is 88.2 Å². The third-order valence-corrected chi connectivity index (χ3v) is 7.31. The summed E-state index contributed by atoms with van der Waals surface area (Å²) in [7, 11) is 0. The van der Waals surface area contributed by atoms with Gasteiger partial charge in [0.25, 0.3) is 0 Å². The lowest BCUT2D eigenvalue weighted by Crippen LogP contribution is -2.27. The SMILES string of the molecule is C=CC1C=CC(C(/C=C\C(=C)C/C=C(\NC(/C=C/CCCCC)CC)C2=CCCCC2)=C/C)CC1. The molecule has 0 aromatic rings. The molecular weight excluding hydrogens is 422 g/mol. The van der Waals surface area contributed by atoms with E-state index in [-0.39, 0.29) is 0 Å². The maximum absolute atomic E-state index is 4.37. The molecule has 0 bridgehead atoms. The molecule has 0 amide bonds. The highest BCUT2D eigenvalue weighted by molar-refractivity contribution is 5.36. The molecule has 0 aliphatic heterocycles. The van der Waals surface area contributed by atoms with E-state index in [9.17, 15) is 0 Å². The van der Waals surface area contributed by atoms with E-state index in [1.807, 2.05) is 0 Å². The highest BCUT2D eigenvalue weighted by Crippen LogP contribution is 2.29. The van der Waals surface area contributed by atoms with Gasteiger partial charge in [0.1, 0.15) is 0 Å². The van der Waals surface area contributed by atoms with Crippen LogP contribution in [-0.4, -0.2) is 6.04 Å². The summed E-state index contributed by atoms with van der Waals surface area (Å²) >= 11 is 0. The number of unbranched alkanes of at least 4 members (excludes halogenated alkanes) is 3. The van der Waals surface area contributed by atoms with Crippen molar-refractivity contribution in [2.45, 2.75) is 104 Å². The molecule has 0 aromatic carbocycles. The van der Waals surface area contributed by atoms with Crippen LogP contribution in [0.5, 0.6) is 0 Å². The van der Waals surface area contributed by atoms with Crippen molar-refractivity contribution >= 4 is 0 Å². The Morgan fingerprint density at radius 1 is 1.14 bits per heavy atom. The number of hydrogen-bond donors (Lipinski definition) is 1. The number of allylic oxidation sites excluding steroid dienone is 12. The molecule has 3 atom stereocenters. The topological polar surface area (TPSA) is 12.0 Å². The molecule has 2 aliphatic rings. The fourth-order valence-electron chi connectivity index (χ4n) is 4.89. The summed E-state index contributed by atoms with van der Waals surface area (Å²) in [6, 6.07) is 0.390. The summed E-state index contributed by atoms with van der Waals surface area (Å²) in [4.78, 5) is 0. The summed E-state index contributed by atoms with van der Waals surface area (Å²) in [6.45, 7) is 15.0. The summed E-state index contributed by atoms with van der Waals surface area (Å²) in [6.07, 6.45) is 37.5. The Labute approximate surface area is 217 Å². The van der Waals surface area contributed by atoms with Crippen LogP contribution in [0.4, 0.5) is 0 Å². The van der Waals surface area contributed by atoms with Gasteiger partial charge in [-0.15, -0.1) is 6.58 Å². The third-order valence-electron chi connectivity index (χ3n) is 7.31. The Morgan fingerprint density at radius 3 is 2.63 bits per heavy atom. The van der Waals surface area contributed by atoms with Gasteiger partial charge in [-0.25, -0.2) is 0 Å². The predicted molar refractivity (Wildman–Crippen MR) is 157 cm³/mol. The monoisotopic (exact) mass is 473 g/mol. The molecule has 1 N–H and O–H groups in total. The normalized spacial score (nSPS) is 22.4. The smallest absolute Gasteiger partial charge is 0.0441 e. The molecule has 192 valence electrons. The van der Waals surface area contributed by atoms with E-state index in [1.165, 1.54) is 81.1 Å². The summed E-state index contributed by atoms with van der Waals surface area (Å²) in [5, 5.41) is 3.87. The van der Waals surface area contributed by atoms with Crippen LogP contribution in [0.25, 0.3) is 0 Å². The molecule has 0 spiro atoms. The molecule has 0 heterocycles. The van der Waals surface area contributed by atoms with E-state index in [1.54, 1.807) is 0 Å². The lowest BCUT2D eigenvalue weighted by molar-refractivity contribution is 0.552. The second kappa shape index (κ2) is 17.2. The molecule has 3 unspecified atom stereocenters. The highest BCUT2D eigenvalue weighted by atomic mass is 14.9. The van der Waals surface area contributed by atoms with Crippen molar-refractivity contribution in [2.24, 2.45) is 11.8 Å². The van der Waals surface area contributed by atoms with Crippen molar-refractivity contribution in [3.8, 4) is 0 Å². The van der Waals surface area contributed by atoms with E-state index < -0.39 is 0 Å². The Balaban J connectivity index is 2.03. The standard InChI is InChI=1S/C34H51N/c1-6-10-11-12-16-19-33(9-4)35-34(32-17-14-13-15-18-32)27-21-28(5)20-24-30(8-3)31-25-22-29(7-2)23-26-31/h7-8,16-17,19-20,22,24-25,27,29,31,33,35H,2,5-6,9-15,18,21,23,26H2,1,3-4H3/b19-16+,24-20-,30-8+,34-27-. The molecule has 35 heavy (non-hydrogen) atoms. The van der Waals surface area contributed by atoms with Crippen LogP contribution >= 0.6 is 0 Å². The third kappa shape index (κ3) is 10.9. The van der Waals surface area contributed by atoms with E-state index in [0.29, 0.717) is 17.9 Å². The minimum atomic E-state index is 0.390.